The summed E-state index contributed by atoms with van der Waals surface area (Å²) >= 11 is 0. The maximum Gasteiger partial charge on any atom is 0.148 e. The molecule has 6 nitrogen and oxygen atoms in total. The molecule has 1 aromatic rings. The summed E-state index contributed by atoms with van der Waals surface area (Å²) in [7, 11) is 0. The van der Waals surface area contributed by atoms with Gasteiger partial charge in [-0.05, 0) is 20.3 Å². The minimum absolute atomic E-state index is 0.373. The van der Waals surface area contributed by atoms with Crippen LogP contribution >= 0.6 is 0 Å². The Bertz CT molecular complexity index is 423. The van der Waals surface area contributed by atoms with Crippen LogP contribution in [0.5, 0.6) is 0 Å². The average molecular weight is 251 g/mol. The van der Waals surface area contributed by atoms with E-state index in [4.69, 9.17) is 10.6 Å². The van der Waals surface area contributed by atoms with Crippen LogP contribution in [0.15, 0.2) is 0 Å². The first-order valence-electron chi connectivity index (χ1n) is 6.33. The van der Waals surface area contributed by atoms with Crippen LogP contribution in [0.4, 0.5) is 11.6 Å². The van der Waals surface area contributed by atoms with Crippen molar-refractivity contribution in [2.75, 3.05) is 30.1 Å². The molecule has 0 aromatic carbocycles. The molecule has 2 rings (SSSR count). The highest BCUT2D eigenvalue weighted by Crippen LogP contribution is 2.26. The molecule has 1 fully saturated rings. The number of nitrogen functional groups attached to an aromatic ring is 1. The zero-order chi connectivity index (χ0) is 13.1. The summed E-state index contributed by atoms with van der Waals surface area (Å²) in [5, 5.41) is 0. The minimum atomic E-state index is 0.373. The third-order valence-corrected chi connectivity index (χ3v) is 3.34. The van der Waals surface area contributed by atoms with Crippen LogP contribution in [0.3, 0.4) is 0 Å². The molecule has 0 bridgehead atoms. The van der Waals surface area contributed by atoms with E-state index < -0.39 is 0 Å². The first-order valence-corrected chi connectivity index (χ1v) is 6.33. The van der Waals surface area contributed by atoms with E-state index in [-0.39, 0.29) is 0 Å². The maximum absolute atomic E-state index is 5.53. The number of ether oxygens (including phenoxy) is 1. The van der Waals surface area contributed by atoms with E-state index in [2.05, 4.69) is 27.2 Å². The van der Waals surface area contributed by atoms with Gasteiger partial charge in [-0.2, -0.15) is 0 Å². The zero-order valence-electron chi connectivity index (χ0n) is 11.2. The third kappa shape index (κ3) is 2.39. The molecule has 1 saturated heterocycles. The minimum Gasteiger partial charge on any atom is -0.377 e. The van der Waals surface area contributed by atoms with Crippen molar-refractivity contribution in [3.63, 3.8) is 0 Å². The van der Waals surface area contributed by atoms with Gasteiger partial charge in [-0.15, -0.1) is 0 Å². The normalized spacial score (nSPS) is 20.0. The molecule has 1 aliphatic heterocycles. The number of aromatic nitrogens is 2. The topological polar surface area (TPSA) is 76.3 Å². The van der Waals surface area contributed by atoms with Crippen molar-refractivity contribution in [3.05, 3.63) is 11.4 Å². The van der Waals surface area contributed by atoms with Gasteiger partial charge >= 0.3 is 0 Å². The smallest absolute Gasteiger partial charge is 0.148 e. The SMILES string of the molecule is CCC1COCCN1c1nc(C)nc(NN)c1C. The lowest BCUT2D eigenvalue weighted by atomic mass is 10.1. The van der Waals surface area contributed by atoms with Crippen molar-refractivity contribution < 1.29 is 4.74 Å². The van der Waals surface area contributed by atoms with Crippen molar-refractivity contribution >= 4 is 11.6 Å². The Balaban J connectivity index is 2.39. The van der Waals surface area contributed by atoms with Crippen molar-refractivity contribution in [1.29, 1.82) is 0 Å². The van der Waals surface area contributed by atoms with Crippen LogP contribution in [-0.4, -0.2) is 35.8 Å². The fourth-order valence-corrected chi connectivity index (χ4v) is 2.31. The molecule has 1 aliphatic rings. The number of hydrazine groups is 1. The largest absolute Gasteiger partial charge is 0.377 e. The lowest BCUT2D eigenvalue weighted by Crippen LogP contribution is -2.46. The first kappa shape index (κ1) is 13.0. The molecule has 6 heteroatoms. The molecule has 0 aliphatic carbocycles. The molecular weight excluding hydrogens is 230 g/mol. The number of aryl methyl sites for hydroxylation is 1. The van der Waals surface area contributed by atoms with Gasteiger partial charge in [0.05, 0.1) is 19.3 Å². The fraction of sp³-hybridized carbons (Fsp3) is 0.667. The van der Waals surface area contributed by atoms with Crippen LogP contribution in [-0.2, 0) is 4.74 Å². The predicted molar refractivity (Wildman–Crippen MR) is 71.6 cm³/mol. The number of hydrogen-bond donors (Lipinski definition) is 2. The summed E-state index contributed by atoms with van der Waals surface area (Å²) < 4.78 is 5.53. The monoisotopic (exact) mass is 251 g/mol. The zero-order valence-corrected chi connectivity index (χ0v) is 11.2. The molecule has 0 radical (unpaired) electrons. The molecule has 1 atom stereocenters. The second-order valence-corrected chi connectivity index (χ2v) is 4.54. The van der Waals surface area contributed by atoms with Crippen molar-refractivity contribution in [2.24, 2.45) is 5.84 Å². The quantitative estimate of drug-likeness (QED) is 0.616. The van der Waals surface area contributed by atoms with Crippen molar-refractivity contribution in [3.8, 4) is 0 Å². The highest BCUT2D eigenvalue weighted by Gasteiger charge is 2.25. The van der Waals surface area contributed by atoms with E-state index in [0.717, 1.165) is 43.4 Å². The van der Waals surface area contributed by atoms with Gasteiger partial charge in [0.1, 0.15) is 17.5 Å². The molecule has 0 saturated carbocycles. The molecule has 1 aromatic heterocycles. The van der Waals surface area contributed by atoms with E-state index in [1.165, 1.54) is 0 Å². The van der Waals surface area contributed by atoms with Crippen LogP contribution < -0.4 is 16.2 Å². The van der Waals surface area contributed by atoms with Gasteiger partial charge in [-0.1, -0.05) is 6.92 Å². The summed E-state index contributed by atoms with van der Waals surface area (Å²) in [6.45, 7) is 8.39. The summed E-state index contributed by atoms with van der Waals surface area (Å²) in [5.41, 5.74) is 3.63. The second-order valence-electron chi connectivity index (χ2n) is 4.54. The number of rotatable bonds is 3. The van der Waals surface area contributed by atoms with Crippen LogP contribution in [0, 0.1) is 13.8 Å². The van der Waals surface area contributed by atoms with Crippen LogP contribution in [0.25, 0.3) is 0 Å². The molecular formula is C12H21N5O. The van der Waals surface area contributed by atoms with Crippen LogP contribution in [0.2, 0.25) is 0 Å². The molecule has 100 valence electrons. The Hall–Kier alpha value is -1.40. The van der Waals surface area contributed by atoms with E-state index in [1.807, 2.05) is 13.8 Å². The molecule has 2 heterocycles. The number of anilines is 2. The standard InChI is InChI=1S/C12H21N5O/c1-4-10-7-18-6-5-17(10)12-8(2)11(16-13)14-9(3)15-12/h10H,4-7,13H2,1-3H3,(H,14,15,16). The van der Waals surface area contributed by atoms with Crippen molar-refractivity contribution in [2.45, 2.75) is 33.2 Å². The first-order chi connectivity index (χ1) is 8.67. The Morgan fingerprint density at radius 2 is 2.22 bits per heavy atom. The summed E-state index contributed by atoms with van der Waals surface area (Å²) in [5.74, 6) is 7.89. The van der Waals surface area contributed by atoms with Gasteiger partial charge in [0, 0.05) is 12.1 Å². The van der Waals surface area contributed by atoms with E-state index in [0.29, 0.717) is 11.9 Å². The molecule has 1 unspecified atom stereocenters. The van der Waals surface area contributed by atoms with Gasteiger partial charge in [-0.3, -0.25) is 0 Å². The van der Waals surface area contributed by atoms with E-state index in [1.54, 1.807) is 0 Å². The number of nitrogens with one attached hydrogen (secondary N) is 1. The van der Waals surface area contributed by atoms with Gasteiger partial charge in [0.15, 0.2) is 0 Å². The van der Waals surface area contributed by atoms with E-state index >= 15 is 0 Å². The fourth-order valence-electron chi connectivity index (χ4n) is 2.31. The molecule has 0 amide bonds. The molecule has 18 heavy (non-hydrogen) atoms. The number of hydrogen-bond acceptors (Lipinski definition) is 6. The number of nitrogens with two attached hydrogens (primary N) is 1. The number of nitrogens with zero attached hydrogens (tertiary/aromatic N) is 3. The summed E-state index contributed by atoms with van der Waals surface area (Å²) in [6.07, 6.45) is 1.04. The third-order valence-electron chi connectivity index (χ3n) is 3.34. The van der Waals surface area contributed by atoms with E-state index in [9.17, 15) is 0 Å². The van der Waals surface area contributed by atoms with Gasteiger partial charge < -0.3 is 15.1 Å². The summed E-state index contributed by atoms with van der Waals surface area (Å²) in [6, 6.07) is 0.373. The number of morpholine rings is 1. The van der Waals surface area contributed by atoms with Gasteiger partial charge in [0.2, 0.25) is 0 Å². The average Bonchev–Trinajstić information content (AvgIpc) is 2.41. The van der Waals surface area contributed by atoms with Crippen molar-refractivity contribution in [1.82, 2.24) is 9.97 Å². The van der Waals surface area contributed by atoms with Gasteiger partial charge in [-0.25, -0.2) is 15.8 Å². The van der Waals surface area contributed by atoms with Gasteiger partial charge in [0.25, 0.3) is 0 Å². The molecule has 3 N–H and O–H groups in total. The highest BCUT2D eigenvalue weighted by molar-refractivity contribution is 5.58. The lowest BCUT2D eigenvalue weighted by molar-refractivity contribution is 0.0925. The Kier molecular flexibility index (Phi) is 3.98. The maximum atomic E-state index is 5.53. The van der Waals surface area contributed by atoms with Crippen LogP contribution in [0.1, 0.15) is 24.7 Å². The Morgan fingerprint density at radius 3 is 2.89 bits per heavy atom. The Labute approximate surface area is 108 Å². The predicted octanol–water partition coefficient (Wildman–Crippen LogP) is 0.994. The second kappa shape index (κ2) is 5.49. The lowest BCUT2D eigenvalue weighted by Gasteiger charge is -2.37. The Morgan fingerprint density at radius 1 is 1.44 bits per heavy atom. The highest BCUT2D eigenvalue weighted by atomic mass is 16.5. The summed E-state index contributed by atoms with van der Waals surface area (Å²) in [4.78, 5) is 11.2. The molecule has 0 spiro atoms.